The average Bonchev–Trinajstić information content (AvgIpc) is 2.71. The predicted molar refractivity (Wildman–Crippen MR) is 63.0 cm³/mol. The molecule has 2 N–H and O–H groups in total. The Balaban J connectivity index is 2.07. The Morgan fingerprint density at radius 3 is 2.82 bits per heavy atom. The lowest BCUT2D eigenvalue weighted by molar-refractivity contribution is -0.109. The Kier molecular flexibility index (Phi) is 2.28. The van der Waals surface area contributed by atoms with Crippen LogP contribution in [-0.2, 0) is 4.74 Å². The van der Waals surface area contributed by atoms with Crippen molar-refractivity contribution >= 4 is 16.7 Å². The van der Waals surface area contributed by atoms with Crippen molar-refractivity contribution in [1.82, 2.24) is 4.98 Å². The number of ether oxygens (including phenoxy) is 1. The fourth-order valence-electron chi connectivity index (χ4n) is 2.19. The zero-order chi connectivity index (χ0) is 11.9. The van der Waals surface area contributed by atoms with Crippen molar-refractivity contribution in [2.24, 2.45) is 5.41 Å². The molecule has 1 aliphatic heterocycles. The van der Waals surface area contributed by atoms with Gasteiger partial charge in [0.1, 0.15) is 5.41 Å². The lowest BCUT2D eigenvalue weighted by Gasteiger charge is -2.38. The monoisotopic (exact) mass is 231 g/mol. The number of aliphatic hydroxyl groups excluding tert-OH is 1. The fourth-order valence-corrected chi connectivity index (χ4v) is 2.19. The number of ketones is 1. The number of carbonyl (C=O) groups excluding carboxylic acids is 1. The number of rotatable bonds is 3. The van der Waals surface area contributed by atoms with E-state index in [1.54, 1.807) is 6.20 Å². The third kappa shape index (κ3) is 1.41. The summed E-state index contributed by atoms with van der Waals surface area (Å²) in [5, 5.41) is 10.3. The maximum absolute atomic E-state index is 12.4. The second-order valence-corrected chi connectivity index (χ2v) is 4.51. The van der Waals surface area contributed by atoms with Gasteiger partial charge in [-0.3, -0.25) is 4.79 Å². The molecule has 88 valence electrons. The number of nitrogens with one attached hydrogen (secondary N) is 1. The molecular weight excluding hydrogens is 218 g/mol. The summed E-state index contributed by atoms with van der Waals surface area (Å²) in [6.45, 7) is 0.453. The van der Waals surface area contributed by atoms with Gasteiger partial charge < -0.3 is 14.8 Å². The Morgan fingerprint density at radius 2 is 2.18 bits per heavy atom. The van der Waals surface area contributed by atoms with Crippen molar-refractivity contribution in [3.05, 3.63) is 36.0 Å². The lowest BCUT2D eigenvalue weighted by Crippen LogP contribution is -2.51. The van der Waals surface area contributed by atoms with Gasteiger partial charge in [-0.15, -0.1) is 0 Å². The fraction of sp³-hybridized carbons (Fsp3) is 0.308. The molecule has 0 saturated carbocycles. The van der Waals surface area contributed by atoms with E-state index in [4.69, 9.17) is 4.74 Å². The Labute approximate surface area is 98.2 Å². The topological polar surface area (TPSA) is 62.3 Å². The van der Waals surface area contributed by atoms with Gasteiger partial charge in [-0.1, -0.05) is 18.2 Å². The highest BCUT2D eigenvalue weighted by Gasteiger charge is 2.46. The molecule has 0 bridgehead atoms. The molecule has 1 aromatic carbocycles. The molecule has 0 radical (unpaired) electrons. The molecule has 2 heterocycles. The van der Waals surface area contributed by atoms with E-state index in [2.05, 4.69) is 4.98 Å². The minimum atomic E-state index is -0.731. The molecule has 0 amide bonds. The summed E-state index contributed by atoms with van der Waals surface area (Å²) in [7, 11) is 0. The first-order valence-electron chi connectivity index (χ1n) is 5.56. The van der Waals surface area contributed by atoms with E-state index < -0.39 is 5.41 Å². The summed E-state index contributed by atoms with van der Waals surface area (Å²) in [5.74, 6) is -0.0382. The van der Waals surface area contributed by atoms with Crippen LogP contribution < -0.4 is 0 Å². The van der Waals surface area contributed by atoms with Crippen LogP contribution in [0.5, 0.6) is 0 Å². The second kappa shape index (κ2) is 3.68. The average molecular weight is 231 g/mol. The molecule has 1 fully saturated rings. The third-order valence-electron chi connectivity index (χ3n) is 3.37. The van der Waals surface area contributed by atoms with E-state index >= 15 is 0 Å². The molecule has 0 atom stereocenters. The molecule has 0 aliphatic carbocycles. The van der Waals surface area contributed by atoms with Crippen LogP contribution >= 0.6 is 0 Å². The van der Waals surface area contributed by atoms with Crippen LogP contribution in [0.2, 0.25) is 0 Å². The molecule has 4 nitrogen and oxygen atoms in total. The molecule has 1 aliphatic rings. The summed E-state index contributed by atoms with van der Waals surface area (Å²) in [4.78, 5) is 15.5. The SMILES string of the molecule is O=C(c1c[nH]c2ccccc12)C1(CO)COC1. The summed E-state index contributed by atoms with van der Waals surface area (Å²) in [5.41, 5.74) is 0.840. The second-order valence-electron chi connectivity index (χ2n) is 4.51. The van der Waals surface area contributed by atoms with Gasteiger partial charge in [0.2, 0.25) is 0 Å². The predicted octanol–water partition coefficient (Wildman–Crippen LogP) is 1.36. The number of aromatic nitrogens is 1. The van der Waals surface area contributed by atoms with E-state index in [1.165, 1.54) is 0 Å². The number of Topliss-reactive ketones (excluding diaryl/α,β-unsaturated/α-hetero) is 1. The van der Waals surface area contributed by atoms with Crippen LogP contribution in [0.3, 0.4) is 0 Å². The maximum atomic E-state index is 12.4. The van der Waals surface area contributed by atoms with Crippen molar-refractivity contribution in [2.45, 2.75) is 0 Å². The normalized spacial score (nSPS) is 17.9. The molecule has 3 rings (SSSR count). The van der Waals surface area contributed by atoms with Crippen molar-refractivity contribution in [2.75, 3.05) is 19.8 Å². The van der Waals surface area contributed by atoms with Gasteiger partial charge in [0, 0.05) is 22.7 Å². The van der Waals surface area contributed by atoms with Gasteiger partial charge in [-0.25, -0.2) is 0 Å². The summed E-state index contributed by atoms with van der Waals surface area (Å²) in [6, 6.07) is 7.65. The minimum Gasteiger partial charge on any atom is -0.395 e. The van der Waals surface area contributed by atoms with Gasteiger partial charge in [-0.05, 0) is 6.07 Å². The molecule has 2 aromatic rings. The number of para-hydroxylation sites is 1. The van der Waals surface area contributed by atoms with Crippen LogP contribution in [0.1, 0.15) is 10.4 Å². The Hall–Kier alpha value is -1.65. The molecule has 1 aromatic heterocycles. The molecule has 4 heteroatoms. The Bertz CT molecular complexity index is 563. The van der Waals surface area contributed by atoms with Crippen LogP contribution in [0.4, 0.5) is 0 Å². The van der Waals surface area contributed by atoms with Crippen LogP contribution in [0.15, 0.2) is 30.5 Å². The summed E-state index contributed by atoms with van der Waals surface area (Å²) >= 11 is 0. The zero-order valence-corrected chi connectivity index (χ0v) is 9.27. The van der Waals surface area contributed by atoms with Crippen molar-refractivity contribution < 1.29 is 14.6 Å². The zero-order valence-electron chi connectivity index (χ0n) is 9.27. The molecule has 0 spiro atoms. The first kappa shape index (κ1) is 10.5. The maximum Gasteiger partial charge on any atom is 0.178 e. The van der Waals surface area contributed by atoms with E-state index in [-0.39, 0.29) is 12.4 Å². The van der Waals surface area contributed by atoms with Gasteiger partial charge in [0.25, 0.3) is 0 Å². The highest BCUT2D eigenvalue weighted by atomic mass is 16.5. The van der Waals surface area contributed by atoms with Crippen molar-refractivity contribution in [3.63, 3.8) is 0 Å². The Morgan fingerprint density at radius 1 is 1.41 bits per heavy atom. The molecule has 0 unspecified atom stereocenters. The molecular formula is C13H13NO3. The number of aliphatic hydroxyl groups is 1. The number of hydrogen-bond donors (Lipinski definition) is 2. The van der Waals surface area contributed by atoms with E-state index in [0.717, 1.165) is 10.9 Å². The lowest BCUT2D eigenvalue weighted by atomic mass is 9.79. The van der Waals surface area contributed by atoms with Gasteiger partial charge >= 0.3 is 0 Å². The standard InChI is InChI=1S/C13H13NO3/c15-6-13(7-17-8-13)12(16)10-5-14-11-4-2-1-3-9(10)11/h1-5,14-15H,6-8H2. The highest BCUT2D eigenvalue weighted by Crippen LogP contribution is 2.33. The van der Waals surface area contributed by atoms with E-state index in [0.29, 0.717) is 18.8 Å². The molecule has 1 saturated heterocycles. The number of benzene rings is 1. The van der Waals surface area contributed by atoms with Crippen LogP contribution in [0, 0.1) is 5.41 Å². The number of carbonyl (C=O) groups is 1. The quantitative estimate of drug-likeness (QED) is 0.784. The first-order chi connectivity index (χ1) is 8.27. The third-order valence-corrected chi connectivity index (χ3v) is 3.37. The van der Waals surface area contributed by atoms with Crippen molar-refractivity contribution in [3.8, 4) is 0 Å². The van der Waals surface area contributed by atoms with Crippen molar-refractivity contribution in [1.29, 1.82) is 0 Å². The number of fused-ring (bicyclic) bond motifs is 1. The summed E-state index contributed by atoms with van der Waals surface area (Å²) < 4.78 is 5.07. The minimum absolute atomic E-state index is 0.0382. The van der Waals surface area contributed by atoms with Gasteiger partial charge in [0.15, 0.2) is 5.78 Å². The van der Waals surface area contributed by atoms with Gasteiger partial charge in [0.05, 0.1) is 19.8 Å². The number of hydrogen-bond acceptors (Lipinski definition) is 3. The number of H-pyrrole nitrogens is 1. The van der Waals surface area contributed by atoms with E-state index in [9.17, 15) is 9.90 Å². The smallest absolute Gasteiger partial charge is 0.178 e. The van der Waals surface area contributed by atoms with E-state index in [1.807, 2.05) is 24.3 Å². The van der Waals surface area contributed by atoms with Crippen LogP contribution in [0.25, 0.3) is 10.9 Å². The largest absolute Gasteiger partial charge is 0.395 e. The first-order valence-corrected chi connectivity index (χ1v) is 5.56. The summed E-state index contributed by atoms with van der Waals surface area (Å²) in [6.07, 6.45) is 1.71. The van der Waals surface area contributed by atoms with Crippen LogP contribution in [-0.4, -0.2) is 35.7 Å². The van der Waals surface area contributed by atoms with Gasteiger partial charge in [-0.2, -0.15) is 0 Å². The molecule has 17 heavy (non-hydrogen) atoms. The highest BCUT2D eigenvalue weighted by molar-refractivity contribution is 6.11. The number of aromatic amines is 1.